The fourth-order valence-corrected chi connectivity index (χ4v) is 5.45. The van der Waals surface area contributed by atoms with Gasteiger partial charge in [0.1, 0.15) is 6.61 Å². The minimum atomic E-state index is -0.938. The molecule has 1 saturated carbocycles. The van der Waals surface area contributed by atoms with Gasteiger partial charge in [0.2, 0.25) is 5.91 Å². The second-order valence-electron chi connectivity index (χ2n) is 9.70. The molecule has 3 N–H and O–H groups in total. The molecule has 2 aromatic rings. The highest BCUT2D eigenvalue weighted by atomic mass is 16.5. The van der Waals surface area contributed by atoms with Gasteiger partial charge in [-0.25, -0.2) is 4.79 Å². The normalized spacial score (nSPS) is 17.1. The van der Waals surface area contributed by atoms with E-state index in [0.29, 0.717) is 19.3 Å². The second-order valence-corrected chi connectivity index (χ2v) is 9.70. The topological polar surface area (TPSA) is 105 Å². The summed E-state index contributed by atoms with van der Waals surface area (Å²) in [5.41, 5.74) is 3.89. The van der Waals surface area contributed by atoms with Gasteiger partial charge in [-0.15, -0.1) is 0 Å². The van der Waals surface area contributed by atoms with Gasteiger partial charge in [0.05, 0.1) is 11.8 Å². The lowest BCUT2D eigenvalue weighted by Gasteiger charge is -2.37. The zero-order valence-corrected chi connectivity index (χ0v) is 20.2. The monoisotopic (exact) mass is 478 g/mol. The lowest BCUT2D eigenvalue weighted by atomic mass is 9.73. The number of ether oxygens (including phenoxy) is 1. The average Bonchev–Trinajstić information content (AvgIpc) is 3.19. The van der Waals surface area contributed by atoms with Crippen LogP contribution in [0.4, 0.5) is 4.79 Å². The third kappa shape index (κ3) is 5.50. The third-order valence-electron chi connectivity index (χ3n) is 7.46. The number of hydrogen-bond donors (Lipinski definition) is 3. The average molecular weight is 479 g/mol. The first-order valence-corrected chi connectivity index (χ1v) is 12.5. The van der Waals surface area contributed by atoms with Gasteiger partial charge < -0.3 is 20.5 Å². The number of rotatable bonds is 9. The Morgan fingerprint density at radius 1 is 1.00 bits per heavy atom. The fourth-order valence-electron chi connectivity index (χ4n) is 5.45. The van der Waals surface area contributed by atoms with Gasteiger partial charge in [0.25, 0.3) is 0 Å². The summed E-state index contributed by atoms with van der Waals surface area (Å²) in [5, 5.41) is 14.9. The first kappa shape index (κ1) is 24.8. The van der Waals surface area contributed by atoms with Gasteiger partial charge in [-0.2, -0.15) is 0 Å². The van der Waals surface area contributed by atoms with E-state index in [9.17, 15) is 14.4 Å². The lowest BCUT2D eigenvalue weighted by molar-refractivity contribution is -0.138. The molecule has 0 heterocycles. The van der Waals surface area contributed by atoms with E-state index in [1.807, 2.05) is 31.2 Å². The quantitative estimate of drug-likeness (QED) is 0.478. The van der Waals surface area contributed by atoms with Crippen molar-refractivity contribution < 1.29 is 24.2 Å². The number of nitrogens with one attached hydrogen (secondary N) is 2. The molecule has 0 spiro atoms. The Labute approximate surface area is 206 Å². The van der Waals surface area contributed by atoms with E-state index in [1.54, 1.807) is 0 Å². The van der Waals surface area contributed by atoms with Crippen LogP contribution in [0, 0.1) is 5.41 Å². The van der Waals surface area contributed by atoms with E-state index < -0.39 is 23.5 Å². The highest BCUT2D eigenvalue weighted by molar-refractivity contribution is 5.84. The Kier molecular flexibility index (Phi) is 7.73. The highest BCUT2D eigenvalue weighted by Crippen LogP contribution is 2.44. The number of fused-ring (bicyclic) bond motifs is 3. The predicted octanol–water partition coefficient (Wildman–Crippen LogP) is 4.85. The van der Waals surface area contributed by atoms with Crippen molar-refractivity contribution in [2.24, 2.45) is 5.41 Å². The second kappa shape index (κ2) is 10.9. The van der Waals surface area contributed by atoms with E-state index in [-0.39, 0.29) is 31.4 Å². The Morgan fingerprint density at radius 2 is 1.60 bits per heavy atom. The Bertz CT molecular complexity index is 1030. The smallest absolute Gasteiger partial charge is 0.407 e. The number of aliphatic carboxylic acids is 1. The maximum atomic E-state index is 13.2. The summed E-state index contributed by atoms with van der Waals surface area (Å²) >= 11 is 0. The Morgan fingerprint density at radius 3 is 2.17 bits per heavy atom. The number of carboxylic acid groups (broad SMARTS) is 1. The first-order chi connectivity index (χ1) is 16.9. The molecule has 186 valence electrons. The number of benzene rings is 2. The van der Waals surface area contributed by atoms with Crippen LogP contribution in [0.1, 0.15) is 68.9 Å². The molecule has 2 aliphatic rings. The molecule has 7 nitrogen and oxygen atoms in total. The van der Waals surface area contributed by atoms with E-state index >= 15 is 0 Å². The number of hydrogen-bond acceptors (Lipinski definition) is 4. The molecule has 4 rings (SSSR count). The van der Waals surface area contributed by atoms with Crippen LogP contribution in [-0.2, 0) is 14.3 Å². The van der Waals surface area contributed by atoms with Gasteiger partial charge in [0, 0.05) is 18.5 Å². The molecule has 2 aromatic carbocycles. The standard InChI is InChI=1S/C28H34N2O5/c1-2-19(16-25(31)32)30-26(33)28(14-8-3-9-15-28)18-29-27(34)35-17-24-22-12-6-4-10-20(22)21-11-5-7-13-23(21)24/h4-7,10-13,19,24H,2-3,8-9,14-18H2,1H3,(H,29,34)(H,30,33)(H,31,32)/t19-/m0/s1. The van der Waals surface area contributed by atoms with Gasteiger partial charge in [-0.3, -0.25) is 9.59 Å². The summed E-state index contributed by atoms with van der Waals surface area (Å²) in [4.78, 5) is 37.1. The van der Waals surface area contributed by atoms with Crippen molar-refractivity contribution in [2.75, 3.05) is 13.2 Å². The van der Waals surface area contributed by atoms with Crippen molar-refractivity contribution in [3.8, 4) is 11.1 Å². The largest absolute Gasteiger partial charge is 0.481 e. The first-order valence-electron chi connectivity index (χ1n) is 12.5. The number of amides is 2. The van der Waals surface area contributed by atoms with Crippen LogP contribution < -0.4 is 10.6 Å². The summed E-state index contributed by atoms with van der Waals surface area (Å²) in [7, 11) is 0. The summed E-state index contributed by atoms with van der Waals surface area (Å²) in [6.45, 7) is 2.25. The van der Waals surface area contributed by atoms with Gasteiger partial charge in [-0.1, -0.05) is 74.7 Å². The fraction of sp³-hybridized carbons (Fsp3) is 0.464. The number of carboxylic acids is 1. The molecule has 2 amide bonds. The SMILES string of the molecule is CC[C@@H](CC(=O)O)NC(=O)C1(CNC(=O)OCC2c3ccccc3-c3ccccc32)CCCCC1. The molecule has 2 aliphatic carbocycles. The van der Waals surface area contributed by atoms with Crippen molar-refractivity contribution in [3.05, 3.63) is 59.7 Å². The molecular formula is C28H34N2O5. The summed E-state index contributed by atoms with van der Waals surface area (Å²) in [6, 6.07) is 15.9. The van der Waals surface area contributed by atoms with Crippen LogP contribution in [-0.4, -0.2) is 42.3 Å². The van der Waals surface area contributed by atoms with E-state index in [4.69, 9.17) is 9.84 Å². The van der Waals surface area contributed by atoms with E-state index in [1.165, 1.54) is 11.1 Å². The molecule has 0 radical (unpaired) electrons. The lowest BCUT2D eigenvalue weighted by Crippen LogP contribution is -2.52. The molecule has 0 aliphatic heterocycles. The van der Waals surface area contributed by atoms with Gasteiger partial charge in [-0.05, 0) is 41.5 Å². The van der Waals surface area contributed by atoms with Crippen LogP contribution in [0.2, 0.25) is 0 Å². The Hall–Kier alpha value is -3.35. The van der Waals surface area contributed by atoms with Crippen molar-refractivity contribution >= 4 is 18.0 Å². The molecule has 1 fully saturated rings. The van der Waals surface area contributed by atoms with E-state index in [0.717, 1.165) is 30.4 Å². The van der Waals surface area contributed by atoms with Gasteiger partial charge >= 0.3 is 12.1 Å². The van der Waals surface area contributed by atoms with Crippen molar-refractivity contribution in [1.82, 2.24) is 10.6 Å². The highest BCUT2D eigenvalue weighted by Gasteiger charge is 2.41. The van der Waals surface area contributed by atoms with Crippen molar-refractivity contribution in [3.63, 3.8) is 0 Å². The predicted molar refractivity (Wildman–Crippen MR) is 133 cm³/mol. The van der Waals surface area contributed by atoms with E-state index in [2.05, 4.69) is 34.9 Å². The van der Waals surface area contributed by atoms with Crippen LogP contribution in [0.15, 0.2) is 48.5 Å². The summed E-state index contributed by atoms with van der Waals surface area (Å²) in [5.74, 6) is -1.14. The molecule has 1 atom stereocenters. The molecule has 0 unspecified atom stereocenters. The zero-order valence-electron chi connectivity index (χ0n) is 20.2. The summed E-state index contributed by atoms with van der Waals surface area (Å²) in [6.07, 6.45) is 4.05. The number of carbonyl (C=O) groups is 3. The molecule has 35 heavy (non-hydrogen) atoms. The van der Waals surface area contributed by atoms with Crippen LogP contribution >= 0.6 is 0 Å². The minimum absolute atomic E-state index is 0.0265. The number of carbonyl (C=O) groups excluding carboxylic acids is 2. The number of alkyl carbamates (subject to hydrolysis) is 1. The van der Waals surface area contributed by atoms with Crippen molar-refractivity contribution in [2.45, 2.75) is 63.8 Å². The molecule has 0 aromatic heterocycles. The maximum absolute atomic E-state index is 13.2. The minimum Gasteiger partial charge on any atom is -0.481 e. The molecule has 7 heteroatoms. The van der Waals surface area contributed by atoms with Crippen LogP contribution in [0.25, 0.3) is 11.1 Å². The third-order valence-corrected chi connectivity index (χ3v) is 7.46. The summed E-state index contributed by atoms with van der Waals surface area (Å²) < 4.78 is 5.65. The molecular weight excluding hydrogens is 444 g/mol. The molecule has 0 bridgehead atoms. The molecule has 0 saturated heterocycles. The van der Waals surface area contributed by atoms with Crippen LogP contribution in [0.3, 0.4) is 0 Å². The van der Waals surface area contributed by atoms with Gasteiger partial charge in [0.15, 0.2) is 0 Å². The Balaban J connectivity index is 1.38. The van der Waals surface area contributed by atoms with Crippen molar-refractivity contribution in [1.29, 1.82) is 0 Å². The van der Waals surface area contributed by atoms with Crippen LogP contribution in [0.5, 0.6) is 0 Å². The maximum Gasteiger partial charge on any atom is 0.407 e. The zero-order chi connectivity index (χ0) is 24.8.